The van der Waals surface area contributed by atoms with E-state index >= 15 is 0 Å². The minimum atomic E-state index is -0.798. The average molecular weight is 531 g/mol. The number of aryl methyl sites for hydroxylation is 1. The second kappa shape index (κ2) is 10.5. The van der Waals surface area contributed by atoms with Crippen molar-refractivity contribution in [2.45, 2.75) is 52.1 Å². The quantitative estimate of drug-likeness (QED) is 0.419. The standard InChI is InChI=1S/C27H29ClF2N4O3/c1-16-5-6-18(28)13-22(16)32-25(35)20-15-31-34(23-8-7-19(29)14-21(23)30)24(20)17-9-11-33(12-10-17)26(36)37-27(2,3)4/h5-8,13-15,17H,9-12H2,1-4H3,(H,32,35). The van der Waals surface area contributed by atoms with E-state index in [1.165, 1.54) is 16.9 Å². The number of nitrogens with one attached hydrogen (secondary N) is 1. The summed E-state index contributed by atoms with van der Waals surface area (Å²) >= 11 is 6.11. The highest BCUT2D eigenvalue weighted by atomic mass is 35.5. The van der Waals surface area contributed by atoms with Crippen LogP contribution in [-0.2, 0) is 4.74 Å². The van der Waals surface area contributed by atoms with Crippen LogP contribution in [0.4, 0.5) is 19.3 Å². The van der Waals surface area contributed by atoms with Crippen LogP contribution in [0.25, 0.3) is 5.69 Å². The zero-order chi connectivity index (χ0) is 26.9. The van der Waals surface area contributed by atoms with E-state index in [0.29, 0.717) is 42.3 Å². The van der Waals surface area contributed by atoms with Gasteiger partial charge in [-0.15, -0.1) is 0 Å². The lowest BCUT2D eigenvalue weighted by atomic mass is 9.90. The number of carbonyl (C=O) groups is 2. The number of likely N-dealkylation sites (tertiary alicyclic amines) is 1. The molecule has 2 aromatic carbocycles. The molecule has 37 heavy (non-hydrogen) atoms. The lowest BCUT2D eigenvalue weighted by Crippen LogP contribution is -2.41. The molecule has 0 saturated carbocycles. The number of nitrogens with zero attached hydrogens (tertiary/aromatic N) is 3. The number of rotatable bonds is 4. The van der Waals surface area contributed by atoms with Crippen molar-refractivity contribution < 1.29 is 23.1 Å². The van der Waals surface area contributed by atoms with Gasteiger partial charge in [0.05, 0.1) is 17.5 Å². The molecule has 0 aliphatic carbocycles. The maximum Gasteiger partial charge on any atom is 0.410 e. The molecule has 1 aromatic heterocycles. The van der Waals surface area contributed by atoms with Crippen molar-refractivity contribution in [3.63, 3.8) is 0 Å². The third-order valence-corrected chi connectivity index (χ3v) is 6.41. The van der Waals surface area contributed by atoms with Crippen LogP contribution in [0.1, 0.15) is 61.1 Å². The maximum absolute atomic E-state index is 14.8. The lowest BCUT2D eigenvalue weighted by Gasteiger charge is -2.34. The molecule has 0 spiro atoms. The summed E-state index contributed by atoms with van der Waals surface area (Å²) in [6.45, 7) is 8.05. The van der Waals surface area contributed by atoms with E-state index in [2.05, 4.69) is 10.4 Å². The molecular formula is C27H29ClF2N4O3. The molecular weight excluding hydrogens is 502 g/mol. The fourth-order valence-electron chi connectivity index (χ4n) is 4.35. The van der Waals surface area contributed by atoms with Gasteiger partial charge < -0.3 is 15.0 Å². The summed E-state index contributed by atoms with van der Waals surface area (Å²) < 4.78 is 35.2. The molecule has 1 saturated heterocycles. The number of carbonyl (C=O) groups excluding carboxylic acids is 2. The topological polar surface area (TPSA) is 76.5 Å². The van der Waals surface area contributed by atoms with Crippen molar-refractivity contribution >= 4 is 29.3 Å². The molecule has 2 amide bonds. The van der Waals surface area contributed by atoms with Gasteiger partial charge >= 0.3 is 6.09 Å². The van der Waals surface area contributed by atoms with Crippen molar-refractivity contribution in [3.05, 3.63) is 76.1 Å². The predicted molar refractivity (Wildman–Crippen MR) is 137 cm³/mol. The first-order chi connectivity index (χ1) is 17.4. The number of piperidine rings is 1. The molecule has 2 heterocycles. The highest BCUT2D eigenvalue weighted by Crippen LogP contribution is 2.34. The number of anilines is 1. The zero-order valence-electron chi connectivity index (χ0n) is 21.1. The minimum absolute atomic E-state index is 0.0314. The molecule has 10 heteroatoms. The van der Waals surface area contributed by atoms with E-state index in [9.17, 15) is 18.4 Å². The molecule has 196 valence electrons. The molecule has 3 aromatic rings. The van der Waals surface area contributed by atoms with E-state index in [0.717, 1.165) is 17.7 Å². The Morgan fingerprint density at radius 2 is 1.81 bits per heavy atom. The third-order valence-electron chi connectivity index (χ3n) is 6.17. The van der Waals surface area contributed by atoms with E-state index in [1.54, 1.807) is 43.9 Å². The molecule has 0 bridgehead atoms. The van der Waals surface area contributed by atoms with Gasteiger partial charge in [0.1, 0.15) is 17.1 Å². The van der Waals surface area contributed by atoms with Crippen LogP contribution in [0.2, 0.25) is 5.02 Å². The van der Waals surface area contributed by atoms with Crippen molar-refractivity contribution in [1.82, 2.24) is 14.7 Å². The largest absolute Gasteiger partial charge is 0.444 e. The first-order valence-electron chi connectivity index (χ1n) is 12.0. The SMILES string of the molecule is Cc1ccc(Cl)cc1NC(=O)c1cnn(-c2ccc(F)cc2F)c1C1CCN(C(=O)OC(C)(C)C)CC1. The van der Waals surface area contributed by atoms with Crippen LogP contribution in [0.15, 0.2) is 42.6 Å². The van der Waals surface area contributed by atoms with Crippen molar-refractivity contribution in [1.29, 1.82) is 0 Å². The zero-order valence-corrected chi connectivity index (χ0v) is 21.9. The van der Waals surface area contributed by atoms with Gasteiger partial charge in [-0.3, -0.25) is 4.79 Å². The normalized spacial score (nSPS) is 14.5. The summed E-state index contributed by atoms with van der Waals surface area (Å²) in [4.78, 5) is 27.6. The minimum Gasteiger partial charge on any atom is -0.444 e. The second-order valence-corrected chi connectivity index (χ2v) is 10.5. The molecule has 1 aliphatic heterocycles. The van der Waals surface area contributed by atoms with Crippen molar-refractivity contribution in [2.24, 2.45) is 0 Å². The van der Waals surface area contributed by atoms with Gasteiger partial charge in [0.2, 0.25) is 0 Å². The van der Waals surface area contributed by atoms with Gasteiger partial charge in [-0.05, 0) is 70.4 Å². The fraction of sp³-hybridized carbons (Fsp3) is 0.370. The van der Waals surface area contributed by atoms with Crippen molar-refractivity contribution in [2.75, 3.05) is 18.4 Å². The Kier molecular flexibility index (Phi) is 7.54. The Morgan fingerprint density at radius 1 is 1.11 bits per heavy atom. The Labute approximate surface area is 219 Å². The first-order valence-corrected chi connectivity index (χ1v) is 12.4. The van der Waals surface area contributed by atoms with Crippen molar-refractivity contribution in [3.8, 4) is 5.69 Å². The van der Waals surface area contributed by atoms with E-state index in [4.69, 9.17) is 16.3 Å². The average Bonchev–Trinajstić information content (AvgIpc) is 3.25. The van der Waals surface area contributed by atoms with Gasteiger partial charge in [0.25, 0.3) is 5.91 Å². The first kappa shape index (κ1) is 26.6. The van der Waals surface area contributed by atoms with Crippen LogP contribution in [0, 0.1) is 18.6 Å². The van der Waals surface area contributed by atoms with Gasteiger partial charge in [0, 0.05) is 35.8 Å². The van der Waals surface area contributed by atoms with Crippen LogP contribution in [0.3, 0.4) is 0 Å². The van der Waals surface area contributed by atoms with Crippen LogP contribution < -0.4 is 5.32 Å². The van der Waals surface area contributed by atoms with E-state index < -0.39 is 29.2 Å². The summed E-state index contributed by atoms with van der Waals surface area (Å²) in [5.74, 6) is -2.15. The second-order valence-electron chi connectivity index (χ2n) is 10.1. The van der Waals surface area contributed by atoms with Crippen LogP contribution in [-0.4, -0.2) is 45.4 Å². The third kappa shape index (κ3) is 6.10. The molecule has 1 fully saturated rings. The van der Waals surface area contributed by atoms with Crippen LogP contribution >= 0.6 is 11.6 Å². The van der Waals surface area contributed by atoms with E-state index in [1.807, 2.05) is 6.92 Å². The van der Waals surface area contributed by atoms with Gasteiger partial charge in [-0.1, -0.05) is 17.7 Å². The number of halogens is 3. The maximum atomic E-state index is 14.8. The number of ether oxygens (including phenoxy) is 1. The molecule has 0 unspecified atom stereocenters. The Morgan fingerprint density at radius 3 is 2.46 bits per heavy atom. The summed E-state index contributed by atoms with van der Waals surface area (Å²) in [5, 5.41) is 7.66. The summed E-state index contributed by atoms with van der Waals surface area (Å²) in [6, 6.07) is 8.39. The number of amides is 2. The molecule has 0 radical (unpaired) electrons. The molecule has 1 N–H and O–H groups in total. The van der Waals surface area contributed by atoms with E-state index in [-0.39, 0.29) is 17.2 Å². The lowest BCUT2D eigenvalue weighted by molar-refractivity contribution is 0.0203. The molecule has 4 rings (SSSR count). The predicted octanol–water partition coefficient (Wildman–Crippen LogP) is 6.48. The summed E-state index contributed by atoms with van der Waals surface area (Å²) in [6.07, 6.45) is 1.99. The fourth-order valence-corrected chi connectivity index (χ4v) is 4.52. The van der Waals surface area contributed by atoms with Gasteiger partial charge in [-0.25, -0.2) is 18.3 Å². The molecule has 7 nitrogen and oxygen atoms in total. The summed E-state index contributed by atoms with van der Waals surface area (Å²) in [5.41, 5.74) is 1.54. The molecule has 0 atom stereocenters. The number of aromatic nitrogens is 2. The highest BCUT2D eigenvalue weighted by molar-refractivity contribution is 6.31. The number of benzene rings is 2. The number of hydrogen-bond donors (Lipinski definition) is 1. The van der Waals surface area contributed by atoms with Crippen LogP contribution in [0.5, 0.6) is 0 Å². The monoisotopic (exact) mass is 530 g/mol. The summed E-state index contributed by atoms with van der Waals surface area (Å²) in [7, 11) is 0. The Bertz CT molecular complexity index is 1330. The molecule has 1 aliphatic rings. The Hall–Kier alpha value is -3.46. The Balaban J connectivity index is 1.66. The van der Waals surface area contributed by atoms with Gasteiger partial charge in [-0.2, -0.15) is 5.10 Å². The smallest absolute Gasteiger partial charge is 0.410 e. The number of hydrogen-bond acceptors (Lipinski definition) is 4. The van der Waals surface area contributed by atoms with Gasteiger partial charge in [0.15, 0.2) is 5.82 Å². The highest BCUT2D eigenvalue weighted by Gasteiger charge is 2.32.